The van der Waals surface area contributed by atoms with E-state index in [-0.39, 0.29) is 11.0 Å². The van der Waals surface area contributed by atoms with Crippen molar-refractivity contribution < 1.29 is 0 Å². The molecule has 1 aromatic carbocycles. The molecule has 19 heavy (non-hydrogen) atoms. The smallest absolute Gasteiger partial charge is 0.194 e. The molecule has 0 aliphatic rings. The van der Waals surface area contributed by atoms with Gasteiger partial charge in [-0.1, -0.05) is 23.2 Å². The van der Waals surface area contributed by atoms with Crippen molar-refractivity contribution in [2.24, 2.45) is 0 Å². The van der Waals surface area contributed by atoms with Gasteiger partial charge in [0.25, 0.3) is 0 Å². The van der Waals surface area contributed by atoms with Gasteiger partial charge in [0.15, 0.2) is 16.8 Å². The highest BCUT2D eigenvalue weighted by atomic mass is 35.5. The Labute approximate surface area is 118 Å². The first kappa shape index (κ1) is 12.0. The van der Waals surface area contributed by atoms with Gasteiger partial charge in [-0.2, -0.15) is 9.78 Å². The van der Waals surface area contributed by atoms with Crippen molar-refractivity contribution in [1.82, 2.24) is 19.7 Å². The number of hydrogen-bond donors (Lipinski definition) is 2. The van der Waals surface area contributed by atoms with Crippen molar-refractivity contribution in [2.45, 2.75) is 0 Å². The van der Waals surface area contributed by atoms with E-state index in [2.05, 4.69) is 15.1 Å². The molecule has 0 saturated carbocycles. The van der Waals surface area contributed by atoms with E-state index in [1.807, 2.05) is 0 Å². The van der Waals surface area contributed by atoms with E-state index >= 15 is 0 Å². The molecule has 0 unspecified atom stereocenters. The predicted molar refractivity (Wildman–Crippen MR) is 75.5 cm³/mol. The average molecular weight is 295 g/mol. The molecule has 4 N–H and O–H groups in total. The lowest BCUT2D eigenvalue weighted by atomic mass is 10.3. The zero-order valence-electron chi connectivity index (χ0n) is 9.51. The van der Waals surface area contributed by atoms with Crippen LogP contribution in [0.15, 0.2) is 24.4 Å². The summed E-state index contributed by atoms with van der Waals surface area (Å²) in [5, 5.41) is 4.77. The van der Waals surface area contributed by atoms with Gasteiger partial charge in [-0.25, -0.2) is 9.97 Å². The number of rotatable bonds is 1. The van der Waals surface area contributed by atoms with Gasteiger partial charge in [0.2, 0.25) is 0 Å². The largest absolute Gasteiger partial charge is 0.394 e. The van der Waals surface area contributed by atoms with E-state index in [9.17, 15) is 0 Å². The quantitative estimate of drug-likeness (QED) is 0.718. The van der Waals surface area contributed by atoms with Crippen LogP contribution in [0.1, 0.15) is 0 Å². The molecule has 0 amide bonds. The molecule has 0 aliphatic carbocycles. The van der Waals surface area contributed by atoms with Crippen LogP contribution in [0.2, 0.25) is 10.2 Å². The molecule has 0 atom stereocenters. The fourth-order valence-corrected chi connectivity index (χ4v) is 2.05. The summed E-state index contributed by atoms with van der Waals surface area (Å²) in [5.74, 6) is 0.572. The third-order valence-electron chi connectivity index (χ3n) is 2.60. The Bertz CT molecular complexity index is 782. The number of nitrogen functional groups attached to an aromatic ring is 2. The minimum Gasteiger partial charge on any atom is -0.394 e. The van der Waals surface area contributed by atoms with Gasteiger partial charge in [-0.3, -0.25) is 0 Å². The summed E-state index contributed by atoms with van der Waals surface area (Å²) in [6.45, 7) is 0. The molecule has 0 spiro atoms. The minimum absolute atomic E-state index is 0.185. The molecule has 0 fully saturated rings. The normalized spacial score (nSPS) is 11.1. The highest BCUT2D eigenvalue weighted by Crippen LogP contribution is 2.25. The number of hydrogen-bond acceptors (Lipinski definition) is 5. The lowest BCUT2D eigenvalue weighted by molar-refractivity contribution is 0.856. The molecule has 0 radical (unpaired) electrons. The topological polar surface area (TPSA) is 95.6 Å². The summed E-state index contributed by atoms with van der Waals surface area (Å²) in [7, 11) is 0. The zero-order valence-corrected chi connectivity index (χ0v) is 11.0. The van der Waals surface area contributed by atoms with Crippen LogP contribution in [-0.2, 0) is 0 Å². The predicted octanol–water partition coefficient (Wildman–Crippen LogP) is 2.29. The fourth-order valence-electron chi connectivity index (χ4n) is 1.67. The van der Waals surface area contributed by atoms with Gasteiger partial charge in [0.05, 0.1) is 22.9 Å². The maximum atomic E-state index is 6.09. The Morgan fingerprint density at radius 1 is 1.05 bits per heavy atom. The van der Waals surface area contributed by atoms with Gasteiger partial charge < -0.3 is 11.5 Å². The Balaban J connectivity index is 2.29. The van der Waals surface area contributed by atoms with Crippen LogP contribution in [0.4, 0.5) is 11.5 Å². The lowest BCUT2D eigenvalue weighted by Crippen LogP contribution is -2.07. The standard InChI is InChI=1S/C11H8Cl2N6/c12-5-1-2-7-8(3-5)18-11(9(13)17-7)19-10(15)6(14)4-16-19/h1-4H,14-15H2. The summed E-state index contributed by atoms with van der Waals surface area (Å²) >= 11 is 12.0. The van der Waals surface area contributed by atoms with Crippen LogP contribution in [0.5, 0.6) is 0 Å². The fraction of sp³-hybridized carbons (Fsp3) is 0. The molecule has 0 aliphatic heterocycles. The molecule has 8 heteroatoms. The summed E-state index contributed by atoms with van der Waals surface area (Å²) in [5.41, 5.74) is 13.0. The SMILES string of the molecule is Nc1cnn(-c2nc3cc(Cl)ccc3nc2Cl)c1N. The molecular formula is C11H8Cl2N6. The number of anilines is 2. The van der Waals surface area contributed by atoms with Crippen molar-refractivity contribution in [2.75, 3.05) is 11.5 Å². The number of aromatic nitrogens is 4. The summed E-state index contributed by atoms with van der Waals surface area (Å²) < 4.78 is 1.34. The second-order valence-corrected chi connectivity index (χ2v) is 4.66. The van der Waals surface area contributed by atoms with Crippen LogP contribution in [0, 0.1) is 0 Å². The van der Waals surface area contributed by atoms with Gasteiger partial charge in [-0.15, -0.1) is 0 Å². The maximum absolute atomic E-state index is 6.09. The van der Waals surface area contributed by atoms with Crippen molar-refractivity contribution in [3.05, 3.63) is 34.6 Å². The van der Waals surface area contributed by atoms with Crippen molar-refractivity contribution in [3.63, 3.8) is 0 Å². The van der Waals surface area contributed by atoms with E-state index in [1.54, 1.807) is 18.2 Å². The Hall–Kier alpha value is -2.05. The zero-order chi connectivity index (χ0) is 13.6. The van der Waals surface area contributed by atoms with Gasteiger partial charge in [0.1, 0.15) is 0 Å². The molecule has 3 aromatic rings. The highest BCUT2D eigenvalue weighted by molar-refractivity contribution is 6.32. The summed E-state index contributed by atoms with van der Waals surface area (Å²) in [6.07, 6.45) is 1.43. The lowest BCUT2D eigenvalue weighted by Gasteiger charge is -2.07. The first-order valence-electron chi connectivity index (χ1n) is 5.28. The molecule has 6 nitrogen and oxygen atoms in total. The summed E-state index contributed by atoms with van der Waals surface area (Å²) in [6, 6.07) is 5.14. The van der Waals surface area contributed by atoms with Gasteiger partial charge in [0, 0.05) is 5.02 Å². The highest BCUT2D eigenvalue weighted by Gasteiger charge is 2.14. The number of nitrogens with two attached hydrogens (primary N) is 2. The Morgan fingerprint density at radius 3 is 2.53 bits per heavy atom. The molecule has 0 bridgehead atoms. The van der Waals surface area contributed by atoms with Gasteiger partial charge >= 0.3 is 0 Å². The van der Waals surface area contributed by atoms with E-state index in [4.69, 9.17) is 34.7 Å². The first-order chi connectivity index (χ1) is 9.06. The third-order valence-corrected chi connectivity index (χ3v) is 3.09. The molecule has 2 heterocycles. The molecular weight excluding hydrogens is 287 g/mol. The van der Waals surface area contributed by atoms with Crippen LogP contribution in [-0.4, -0.2) is 19.7 Å². The maximum Gasteiger partial charge on any atom is 0.194 e. The molecule has 2 aromatic heterocycles. The second kappa shape index (κ2) is 4.25. The Morgan fingerprint density at radius 2 is 1.84 bits per heavy atom. The van der Waals surface area contributed by atoms with E-state index < -0.39 is 0 Å². The van der Waals surface area contributed by atoms with E-state index in [0.717, 1.165) is 0 Å². The minimum atomic E-state index is 0.185. The van der Waals surface area contributed by atoms with Crippen LogP contribution in [0.3, 0.4) is 0 Å². The summed E-state index contributed by atoms with van der Waals surface area (Å²) in [4.78, 5) is 8.60. The molecule has 96 valence electrons. The Kier molecular flexibility index (Phi) is 2.69. The number of nitrogens with zero attached hydrogens (tertiary/aromatic N) is 4. The van der Waals surface area contributed by atoms with Crippen molar-refractivity contribution in [1.29, 1.82) is 0 Å². The van der Waals surface area contributed by atoms with Crippen molar-refractivity contribution >= 4 is 45.7 Å². The third kappa shape index (κ3) is 1.94. The average Bonchev–Trinajstić information content (AvgIpc) is 2.70. The number of halogens is 2. The van der Waals surface area contributed by atoms with E-state index in [0.29, 0.717) is 27.6 Å². The second-order valence-electron chi connectivity index (χ2n) is 3.87. The first-order valence-corrected chi connectivity index (χ1v) is 6.04. The van der Waals surface area contributed by atoms with Crippen LogP contribution in [0.25, 0.3) is 16.9 Å². The van der Waals surface area contributed by atoms with Crippen LogP contribution < -0.4 is 11.5 Å². The molecule has 3 rings (SSSR count). The van der Waals surface area contributed by atoms with Crippen LogP contribution >= 0.6 is 23.2 Å². The van der Waals surface area contributed by atoms with Gasteiger partial charge in [-0.05, 0) is 18.2 Å². The van der Waals surface area contributed by atoms with Crippen molar-refractivity contribution in [3.8, 4) is 5.82 Å². The van der Waals surface area contributed by atoms with E-state index in [1.165, 1.54) is 10.9 Å². The number of fused-ring (bicyclic) bond motifs is 1. The monoisotopic (exact) mass is 294 g/mol. The number of benzene rings is 1. The molecule has 0 saturated heterocycles.